The highest BCUT2D eigenvalue weighted by Gasteiger charge is 2.13. The first kappa shape index (κ1) is 19.8. The Labute approximate surface area is 141 Å². The van der Waals surface area contributed by atoms with E-state index in [0.717, 1.165) is 24.3 Å². The van der Waals surface area contributed by atoms with Crippen LogP contribution in [-0.4, -0.2) is 27.1 Å². The van der Waals surface area contributed by atoms with Crippen molar-refractivity contribution >= 4 is 0 Å². The van der Waals surface area contributed by atoms with E-state index in [0.29, 0.717) is 18.3 Å². The van der Waals surface area contributed by atoms with Crippen molar-refractivity contribution in [2.24, 2.45) is 5.92 Å². The first-order valence-electron chi connectivity index (χ1n) is 8.59. The molecular weight excluding hydrogens is 292 g/mol. The quantitative estimate of drug-likeness (QED) is 0.518. The van der Waals surface area contributed by atoms with Gasteiger partial charge in [-0.05, 0) is 25.3 Å². The summed E-state index contributed by atoms with van der Waals surface area (Å²) in [5, 5.41) is 0. The molecule has 0 saturated carbocycles. The largest absolute Gasteiger partial charge is 0.493 e. The number of benzene rings is 1. The van der Waals surface area contributed by atoms with Crippen molar-refractivity contribution in [1.29, 1.82) is 0 Å². The van der Waals surface area contributed by atoms with Gasteiger partial charge in [0.05, 0.1) is 27.4 Å². The lowest BCUT2D eigenvalue weighted by Crippen LogP contribution is -2.18. The number of rotatable bonds is 12. The standard InChI is InChI=1S/C19H32O4/c1-6-8-10-16(7-2)13-22-15(3)23-14-17-11-9-12-18(20-4)19(17)21-5/h9,11-12,15-16H,6-8,10,13-14H2,1-5H3. The zero-order valence-corrected chi connectivity index (χ0v) is 15.3. The number of hydrogen-bond acceptors (Lipinski definition) is 4. The SMILES string of the molecule is CCCCC(CC)COC(C)OCc1cccc(OC)c1OC. The van der Waals surface area contributed by atoms with Gasteiger partial charge in [-0.2, -0.15) is 0 Å². The number of hydrogen-bond donors (Lipinski definition) is 0. The van der Waals surface area contributed by atoms with E-state index in [-0.39, 0.29) is 6.29 Å². The highest BCUT2D eigenvalue weighted by molar-refractivity contribution is 5.46. The van der Waals surface area contributed by atoms with Crippen molar-refractivity contribution in [3.05, 3.63) is 23.8 Å². The topological polar surface area (TPSA) is 36.9 Å². The van der Waals surface area contributed by atoms with E-state index in [1.165, 1.54) is 19.3 Å². The maximum absolute atomic E-state index is 5.85. The van der Waals surface area contributed by atoms with Crippen LogP contribution in [0.2, 0.25) is 0 Å². The van der Waals surface area contributed by atoms with E-state index in [1.807, 2.05) is 25.1 Å². The van der Waals surface area contributed by atoms with Crippen molar-refractivity contribution < 1.29 is 18.9 Å². The van der Waals surface area contributed by atoms with Crippen molar-refractivity contribution in [3.63, 3.8) is 0 Å². The van der Waals surface area contributed by atoms with Gasteiger partial charge in [0.2, 0.25) is 0 Å². The van der Waals surface area contributed by atoms with Crippen LogP contribution in [0.4, 0.5) is 0 Å². The molecule has 0 aliphatic heterocycles. The summed E-state index contributed by atoms with van der Waals surface area (Å²) in [6.45, 7) is 7.58. The van der Waals surface area contributed by atoms with Gasteiger partial charge < -0.3 is 18.9 Å². The van der Waals surface area contributed by atoms with E-state index in [1.54, 1.807) is 14.2 Å². The molecule has 2 unspecified atom stereocenters. The molecule has 1 aromatic carbocycles. The maximum atomic E-state index is 5.85. The van der Waals surface area contributed by atoms with Crippen LogP contribution in [-0.2, 0) is 16.1 Å². The third-order valence-electron chi connectivity index (χ3n) is 4.07. The molecule has 0 heterocycles. The van der Waals surface area contributed by atoms with Crippen molar-refractivity contribution in [3.8, 4) is 11.5 Å². The molecule has 0 spiro atoms. The van der Waals surface area contributed by atoms with E-state index < -0.39 is 0 Å². The molecule has 0 aliphatic carbocycles. The Kier molecular flexibility index (Phi) is 9.72. The highest BCUT2D eigenvalue weighted by Crippen LogP contribution is 2.31. The molecule has 0 amide bonds. The second-order valence-electron chi connectivity index (χ2n) is 5.78. The number of unbranched alkanes of at least 4 members (excludes halogenated alkanes) is 1. The van der Waals surface area contributed by atoms with Crippen LogP contribution in [0.15, 0.2) is 18.2 Å². The molecule has 0 bridgehead atoms. The summed E-state index contributed by atoms with van der Waals surface area (Å²) in [5.41, 5.74) is 0.959. The maximum Gasteiger partial charge on any atom is 0.166 e. The van der Waals surface area contributed by atoms with Crippen LogP contribution >= 0.6 is 0 Å². The fraction of sp³-hybridized carbons (Fsp3) is 0.684. The molecule has 23 heavy (non-hydrogen) atoms. The smallest absolute Gasteiger partial charge is 0.166 e. The summed E-state index contributed by atoms with van der Waals surface area (Å²) in [6.07, 6.45) is 4.64. The molecule has 1 rings (SSSR count). The monoisotopic (exact) mass is 324 g/mol. The second kappa shape index (κ2) is 11.3. The molecule has 0 saturated heterocycles. The predicted octanol–water partition coefficient (Wildman–Crippen LogP) is 4.80. The van der Waals surface area contributed by atoms with E-state index >= 15 is 0 Å². The summed E-state index contributed by atoms with van der Waals surface area (Å²) < 4.78 is 22.4. The van der Waals surface area contributed by atoms with Gasteiger partial charge in [0.1, 0.15) is 0 Å². The van der Waals surface area contributed by atoms with Gasteiger partial charge >= 0.3 is 0 Å². The molecule has 4 nitrogen and oxygen atoms in total. The Bertz CT molecular complexity index is 433. The number of methoxy groups -OCH3 is 2. The molecule has 0 fully saturated rings. The molecule has 0 aliphatic rings. The lowest BCUT2D eigenvalue weighted by atomic mass is 10.0. The van der Waals surface area contributed by atoms with E-state index in [4.69, 9.17) is 18.9 Å². The van der Waals surface area contributed by atoms with Gasteiger partial charge in [0.25, 0.3) is 0 Å². The fourth-order valence-electron chi connectivity index (χ4n) is 2.49. The summed E-state index contributed by atoms with van der Waals surface area (Å²) in [4.78, 5) is 0. The molecule has 1 aromatic rings. The predicted molar refractivity (Wildman–Crippen MR) is 93.1 cm³/mol. The Hall–Kier alpha value is -1.26. The van der Waals surface area contributed by atoms with Gasteiger partial charge in [0.15, 0.2) is 17.8 Å². The molecule has 0 N–H and O–H groups in total. The first-order chi connectivity index (χ1) is 11.2. The minimum Gasteiger partial charge on any atom is -0.493 e. The summed E-state index contributed by atoms with van der Waals surface area (Å²) in [6, 6.07) is 5.79. The van der Waals surface area contributed by atoms with Crippen LogP contribution < -0.4 is 9.47 Å². The van der Waals surface area contributed by atoms with Crippen LogP contribution in [0.3, 0.4) is 0 Å². The van der Waals surface area contributed by atoms with Crippen molar-refractivity contribution in [2.45, 2.75) is 59.4 Å². The summed E-state index contributed by atoms with van der Waals surface area (Å²) in [7, 11) is 3.27. The van der Waals surface area contributed by atoms with Gasteiger partial charge in [-0.3, -0.25) is 0 Å². The Morgan fingerprint density at radius 1 is 1.04 bits per heavy atom. The minimum absolute atomic E-state index is 0.235. The third kappa shape index (κ3) is 6.80. The summed E-state index contributed by atoms with van der Waals surface area (Å²) >= 11 is 0. The van der Waals surface area contributed by atoms with Gasteiger partial charge in [-0.15, -0.1) is 0 Å². The Balaban J connectivity index is 2.45. The molecule has 132 valence electrons. The van der Waals surface area contributed by atoms with Crippen LogP contribution in [0.1, 0.15) is 52.0 Å². The zero-order valence-electron chi connectivity index (χ0n) is 15.3. The summed E-state index contributed by atoms with van der Waals surface area (Å²) in [5.74, 6) is 2.05. The van der Waals surface area contributed by atoms with Gasteiger partial charge in [-0.1, -0.05) is 45.2 Å². The van der Waals surface area contributed by atoms with Gasteiger partial charge in [0, 0.05) is 5.56 Å². The Morgan fingerprint density at radius 3 is 2.43 bits per heavy atom. The lowest BCUT2D eigenvalue weighted by molar-refractivity contribution is -0.146. The fourth-order valence-corrected chi connectivity index (χ4v) is 2.49. The van der Waals surface area contributed by atoms with E-state index in [9.17, 15) is 0 Å². The first-order valence-corrected chi connectivity index (χ1v) is 8.59. The molecular formula is C19H32O4. The highest BCUT2D eigenvalue weighted by atomic mass is 16.7. The second-order valence-corrected chi connectivity index (χ2v) is 5.78. The average molecular weight is 324 g/mol. The molecule has 2 atom stereocenters. The van der Waals surface area contributed by atoms with Crippen molar-refractivity contribution in [2.75, 3.05) is 20.8 Å². The van der Waals surface area contributed by atoms with Crippen LogP contribution in [0.25, 0.3) is 0 Å². The number of para-hydroxylation sites is 1. The normalized spacial score (nSPS) is 13.6. The average Bonchev–Trinajstić information content (AvgIpc) is 2.59. The third-order valence-corrected chi connectivity index (χ3v) is 4.07. The zero-order chi connectivity index (χ0) is 17.1. The molecule has 4 heteroatoms. The number of ether oxygens (including phenoxy) is 4. The Morgan fingerprint density at radius 2 is 1.83 bits per heavy atom. The van der Waals surface area contributed by atoms with Crippen LogP contribution in [0.5, 0.6) is 11.5 Å². The van der Waals surface area contributed by atoms with E-state index in [2.05, 4.69) is 13.8 Å². The molecule has 0 aromatic heterocycles. The lowest BCUT2D eigenvalue weighted by Gasteiger charge is -2.20. The van der Waals surface area contributed by atoms with Crippen LogP contribution in [0, 0.1) is 5.92 Å². The molecule has 0 radical (unpaired) electrons. The van der Waals surface area contributed by atoms with Gasteiger partial charge in [-0.25, -0.2) is 0 Å². The minimum atomic E-state index is -0.235. The van der Waals surface area contributed by atoms with Crippen molar-refractivity contribution in [1.82, 2.24) is 0 Å².